The van der Waals surface area contributed by atoms with Crippen molar-refractivity contribution in [1.82, 2.24) is 20.7 Å². The highest BCUT2D eigenvalue weighted by Gasteiger charge is 2.10. The molecule has 0 radical (unpaired) electrons. The van der Waals surface area contributed by atoms with E-state index in [-0.39, 0.29) is 5.91 Å². The van der Waals surface area contributed by atoms with Crippen LogP contribution in [-0.2, 0) is 4.79 Å². The number of para-hydroxylation sites is 1. The molecule has 0 saturated carbocycles. The lowest BCUT2D eigenvalue weighted by molar-refractivity contribution is -0.116. The van der Waals surface area contributed by atoms with Gasteiger partial charge in [0.2, 0.25) is 5.91 Å². The molecule has 7 nitrogen and oxygen atoms in total. The first kappa shape index (κ1) is 23.3. The van der Waals surface area contributed by atoms with Gasteiger partial charge in [0, 0.05) is 33.5 Å². The predicted octanol–water partition coefficient (Wildman–Crippen LogP) is 5.88. The Morgan fingerprint density at radius 1 is 1.09 bits per heavy atom. The molecule has 2 aromatic carbocycles. The molecular formula is C26H25N5O2S. The molecule has 34 heavy (non-hydrogen) atoms. The Kier molecular flexibility index (Phi) is 7.75. The molecule has 0 aliphatic carbocycles. The molecule has 0 aliphatic rings. The van der Waals surface area contributed by atoms with Gasteiger partial charge in [-0.05, 0) is 67.5 Å². The zero-order valence-corrected chi connectivity index (χ0v) is 19.3. The zero-order valence-electron chi connectivity index (χ0n) is 18.5. The highest BCUT2D eigenvalue weighted by Crippen LogP contribution is 2.35. The van der Waals surface area contributed by atoms with Gasteiger partial charge < -0.3 is 5.32 Å². The van der Waals surface area contributed by atoms with Crippen molar-refractivity contribution >= 4 is 46.4 Å². The molecule has 2 heterocycles. The fraction of sp³-hybridized carbons (Fsp3) is 0.115. The fourth-order valence-corrected chi connectivity index (χ4v) is 4.31. The van der Waals surface area contributed by atoms with Crippen LogP contribution in [0, 0.1) is 0 Å². The van der Waals surface area contributed by atoms with Gasteiger partial charge in [0.05, 0.1) is 22.6 Å². The number of hydrogen-bond acceptors (Lipinski definition) is 6. The first-order valence-electron chi connectivity index (χ1n) is 10.8. The van der Waals surface area contributed by atoms with Crippen LogP contribution < -0.4 is 10.8 Å². The van der Waals surface area contributed by atoms with E-state index in [1.807, 2.05) is 72.2 Å². The third-order valence-electron chi connectivity index (χ3n) is 5.09. The van der Waals surface area contributed by atoms with Gasteiger partial charge in [0.25, 0.3) is 0 Å². The zero-order chi connectivity index (χ0) is 23.8. The summed E-state index contributed by atoms with van der Waals surface area (Å²) >= 11 is 1.58. The number of fused-ring (bicyclic) bond motifs is 1. The minimum atomic E-state index is -0.0767. The lowest BCUT2D eigenvalue weighted by Gasteiger charge is -2.11. The van der Waals surface area contributed by atoms with Crippen LogP contribution >= 0.6 is 11.8 Å². The van der Waals surface area contributed by atoms with Crippen LogP contribution in [0.4, 0.5) is 5.69 Å². The van der Waals surface area contributed by atoms with Crippen molar-refractivity contribution in [1.29, 1.82) is 0 Å². The Morgan fingerprint density at radius 2 is 1.94 bits per heavy atom. The first-order valence-corrected chi connectivity index (χ1v) is 11.7. The van der Waals surface area contributed by atoms with Crippen molar-refractivity contribution in [3.8, 4) is 0 Å². The number of anilines is 1. The minimum Gasteiger partial charge on any atom is -0.325 e. The van der Waals surface area contributed by atoms with E-state index in [9.17, 15) is 4.79 Å². The summed E-state index contributed by atoms with van der Waals surface area (Å²) < 4.78 is 0. The Balaban J connectivity index is 1.44. The second kappa shape index (κ2) is 11.3. The number of carbonyl (C=O) groups is 1. The second-order valence-electron chi connectivity index (χ2n) is 7.62. The summed E-state index contributed by atoms with van der Waals surface area (Å²) in [4.78, 5) is 18.7. The van der Waals surface area contributed by atoms with E-state index < -0.39 is 0 Å². The number of aromatic amines is 1. The summed E-state index contributed by atoms with van der Waals surface area (Å²) in [6.45, 7) is 3.65. The smallest absolute Gasteiger partial charge is 0.224 e. The number of hydrogen-bond donors (Lipinski definition) is 4. The van der Waals surface area contributed by atoms with Crippen molar-refractivity contribution in [2.45, 2.75) is 29.1 Å². The van der Waals surface area contributed by atoms with Gasteiger partial charge in [-0.1, -0.05) is 36.5 Å². The highest BCUT2D eigenvalue weighted by atomic mass is 32.2. The average molecular weight is 472 g/mol. The number of nitrogens with one attached hydrogen (secondary N) is 3. The lowest BCUT2D eigenvalue weighted by atomic mass is 10.2. The molecule has 0 spiro atoms. The number of rotatable bonds is 10. The quantitative estimate of drug-likeness (QED) is 0.215. The average Bonchev–Trinajstić information content (AvgIpc) is 3.26. The summed E-state index contributed by atoms with van der Waals surface area (Å²) in [6, 6.07) is 19.6. The van der Waals surface area contributed by atoms with Crippen LogP contribution in [0.1, 0.15) is 30.7 Å². The molecule has 0 bridgehead atoms. The molecule has 172 valence electrons. The number of amides is 1. The maximum atomic E-state index is 12.4. The number of hydroxylamine groups is 1. The summed E-state index contributed by atoms with van der Waals surface area (Å²) in [7, 11) is 0. The Bertz CT molecular complexity index is 1320. The molecule has 8 heteroatoms. The molecule has 0 atom stereocenters. The third kappa shape index (κ3) is 6.12. The van der Waals surface area contributed by atoms with Crippen molar-refractivity contribution < 1.29 is 10.0 Å². The van der Waals surface area contributed by atoms with Gasteiger partial charge >= 0.3 is 0 Å². The van der Waals surface area contributed by atoms with E-state index >= 15 is 0 Å². The number of benzene rings is 2. The van der Waals surface area contributed by atoms with Crippen molar-refractivity contribution in [3.63, 3.8) is 0 Å². The topological polar surface area (TPSA) is 103 Å². The number of pyridine rings is 1. The summed E-state index contributed by atoms with van der Waals surface area (Å²) in [5.74, 6) is -0.0767. The maximum Gasteiger partial charge on any atom is 0.224 e. The summed E-state index contributed by atoms with van der Waals surface area (Å²) in [5, 5.41) is 20.3. The molecule has 4 N–H and O–H groups in total. The molecule has 0 unspecified atom stereocenters. The van der Waals surface area contributed by atoms with Crippen LogP contribution in [0.15, 0.2) is 88.9 Å². The molecule has 0 saturated heterocycles. The van der Waals surface area contributed by atoms with E-state index in [2.05, 4.69) is 33.1 Å². The number of nitrogens with zero attached hydrogens (tertiary/aromatic N) is 2. The molecule has 0 fully saturated rings. The van der Waals surface area contributed by atoms with Crippen molar-refractivity contribution in [2.24, 2.45) is 0 Å². The van der Waals surface area contributed by atoms with Crippen LogP contribution in [-0.4, -0.2) is 26.3 Å². The van der Waals surface area contributed by atoms with Crippen molar-refractivity contribution in [3.05, 3.63) is 90.5 Å². The highest BCUT2D eigenvalue weighted by molar-refractivity contribution is 7.99. The number of carbonyl (C=O) groups excluding carboxylic acids is 1. The van der Waals surface area contributed by atoms with Crippen LogP contribution in [0.2, 0.25) is 0 Å². The molecular weight excluding hydrogens is 446 g/mol. The summed E-state index contributed by atoms with van der Waals surface area (Å²) in [6.07, 6.45) is 7.12. The predicted molar refractivity (Wildman–Crippen MR) is 136 cm³/mol. The van der Waals surface area contributed by atoms with Gasteiger partial charge in [0.15, 0.2) is 0 Å². The van der Waals surface area contributed by atoms with E-state index in [4.69, 9.17) is 5.21 Å². The van der Waals surface area contributed by atoms with Crippen LogP contribution in [0.25, 0.3) is 23.1 Å². The van der Waals surface area contributed by atoms with Crippen LogP contribution in [0.3, 0.4) is 0 Å². The molecule has 0 aliphatic heterocycles. The molecule has 1 amide bonds. The summed E-state index contributed by atoms with van der Waals surface area (Å²) in [5.41, 5.74) is 5.93. The normalized spacial score (nSPS) is 11.1. The standard InChI is InChI=1S/C26H25N5O2S/c1-18(31-33)7-6-11-26(32)28-23-9-2-3-10-25(23)34-20-13-14-21-22(29-30-24(21)17-20)15-12-19-8-4-5-16-27-19/h2-5,8-10,12-17,31,33H,1,6-7,11H2,(H,28,32)(H,29,30)/b15-12+. The number of H-pyrrole nitrogens is 1. The Morgan fingerprint density at radius 3 is 2.76 bits per heavy atom. The monoisotopic (exact) mass is 471 g/mol. The van der Waals surface area contributed by atoms with Crippen molar-refractivity contribution in [2.75, 3.05) is 5.32 Å². The van der Waals surface area contributed by atoms with Gasteiger partial charge in [-0.25, -0.2) is 0 Å². The SMILES string of the molecule is C=C(CCCC(=O)Nc1ccccc1Sc1ccc2c(/C=C/c3ccccn3)n[nH]c2c1)NO. The Labute approximate surface area is 202 Å². The van der Waals surface area contributed by atoms with Gasteiger partial charge in [-0.2, -0.15) is 5.10 Å². The first-order chi connectivity index (χ1) is 16.6. The minimum absolute atomic E-state index is 0.0767. The Hall–Kier alpha value is -3.88. The van der Waals surface area contributed by atoms with Gasteiger partial charge in [-0.15, -0.1) is 0 Å². The second-order valence-corrected chi connectivity index (χ2v) is 8.73. The van der Waals surface area contributed by atoms with E-state index in [1.165, 1.54) is 0 Å². The molecule has 2 aromatic heterocycles. The lowest BCUT2D eigenvalue weighted by Crippen LogP contribution is -2.13. The third-order valence-corrected chi connectivity index (χ3v) is 6.16. The number of aromatic nitrogens is 3. The van der Waals surface area contributed by atoms with Gasteiger partial charge in [0.1, 0.15) is 0 Å². The van der Waals surface area contributed by atoms with E-state index in [1.54, 1.807) is 18.0 Å². The fourth-order valence-electron chi connectivity index (χ4n) is 3.37. The number of allylic oxidation sites excluding steroid dienone is 1. The largest absolute Gasteiger partial charge is 0.325 e. The molecule has 4 aromatic rings. The van der Waals surface area contributed by atoms with Crippen LogP contribution in [0.5, 0.6) is 0 Å². The molecule has 4 rings (SSSR count). The van der Waals surface area contributed by atoms with E-state index in [0.717, 1.165) is 37.8 Å². The van der Waals surface area contributed by atoms with Gasteiger partial charge in [-0.3, -0.25) is 25.6 Å². The maximum absolute atomic E-state index is 12.4. The van der Waals surface area contributed by atoms with E-state index in [0.29, 0.717) is 25.0 Å².